The summed E-state index contributed by atoms with van der Waals surface area (Å²) in [6, 6.07) is 16.1. The maximum absolute atomic E-state index is 12.6. The van der Waals surface area contributed by atoms with Gasteiger partial charge >= 0.3 is 0 Å². The lowest BCUT2D eigenvalue weighted by atomic mass is 10.2. The number of rotatable bonds is 9. The van der Waals surface area contributed by atoms with Crippen LogP contribution in [0.25, 0.3) is 0 Å². The Hall–Kier alpha value is -2.38. The molecule has 0 aliphatic heterocycles. The van der Waals surface area contributed by atoms with E-state index in [-0.39, 0.29) is 10.8 Å². The molecule has 0 saturated carbocycles. The number of hydrogen-bond acceptors (Lipinski definition) is 4. The van der Waals surface area contributed by atoms with Crippen LogP contribution in [0.4, 0.5) is 5.69 Å². The van der Waals surface area contributed by atoms with Crippen molar-refractivity contribution in [2.24, 2.45) is 0 Å². The minimum atomic E-state index is -3.58. The number of nitrogens with zero attached hydrogens (tertiary/aromatic N) is 2. The first-order chi connectivity index (χ1) is 12.9. The summed E-state index contributed by atoms with van der Waals surface area (Å²) in [6.45, 7) is 5.47. The molecule has 0 fully saturated rings. The van der Waals surface area contributed by atoms with Gasteiger partial charge in [-0.3, -0.25) is 4.79 Å². The quantitative estimate of drug-likeness (QED) is 0.716. The van der Waals surface area contributed by atoms with Gasteiger partial charge < -0.3 is 10.2 Å². The number of likely N-dealkylation sites (N-methyl/N-ethyl adjacent to an activating group) is 1. The summed E-state index contributed by atoms with van der Waals surface area (Å²) in [5.41, 5.74) is 1.41. The molecule has 0 aromatic heterocycles. The molecule has 1 amide bonds. The number of benzene rings is 2. The molecule has 7 heteroatoms. The van der Waals surface area contributed by atoms with E-state index in [0.717, 1.165) is 5.69 Å². The highest BCUT2D eigenvalue weighted by Crippen LogP contribution is 2.17. The third-order valence-corrected chi connectivity index (χ3v) is 6.42. The maximum atomic E-state index is 12.6. The van der Waals surface area contributed by atoms with E-state index in [0.29, 0.717) is 31.7 Å². The van der Waals surface area contributed by atoms with Gasteiger partial charge in [0, 0.05) is 44.5 Å². The van der Waals surface area contributed by atoms with Crippen LogP contribution < -0.4 is 10.2 Å². The Morgan fingerprint density at radius 2 is 1.67 bits per heavy atom. The van der Waals surface area contributed by atoms with Gasteiger partial charge in [-0.25, -0.2) is 8.42 Å². The fraction of sp³-hybridized carbons (Fsp3) is 0.350. The molecular weight excluding hydrogens is 362 g/mol. The fourth-order valence-electron chi connectivity index (χ4n) is 2.76. The van der Waals surface area contributed by atoms with Gasteiger partial charge in [0.2, 0.25) is 10.0 Å². The zero-order chi connectivity index (χ0) is 19.9. The van der Waals surface area contributed by atoms with E-state index in [1.807, 2.05) is 42.3 Å². The topological polar surface area (TPSA) is 69.7 Å². The Morgan fingerprint density at radius 3 is 2.30 bits per heavy atom. The molecule has 0 bridgehead atoms. The van der Waals surface area contributed by atoms with E-state index in [4.69, 9.17) is 0 Å². The number of anilines is 1. The molecular formula is C20H27N3O3S. The first-order valence-electron chi connectivity index (χ1n) is 9.04. The highest BCUT2D eigenvalue weighted by molar-refractivity contribution is 7.89. The SMILES string of the molecule is CCN(CC)S(=O)(=O)c1cccc(C(=O)NCCN(C)c2ccccc2)c1. The van der Waals surface area contributed by atoms with Crippen molar-refractivity contribution in [2.75, 3.05) is 38.1 Å². The predicted molar refractivity (Wildman–Crippen MR) is 109 cm³/mol. The third-order valence-electron chi connectivity index (χ3n) is 4.37. The van der Waals surface area contributed by atoms with Crippen LogP contribution in [-0.2, 0) is 10.0 Å². The number of amides is 1. The summed E-state index contributed by atoms with van der Waals surface area (Å²) in [4.78, 5) is 14.6. The van der Waals surface area contributed by atoms with Gasteiger partial charge in [-0.05, 0) is 30.3 Å². The van der Waals surface area contributed by atoms with Crippen molar-refractivity contribution in [1.29, 1.82) is 0 Å². The number of sulfonamides is 1. The highest BCUT2D eigenvalue weighted by atomic mass is 32.2. The standard InChI is InChI=1S/C20H27N3O3S/c1-4-23(5-2)27(25,26)19-13-9-10-17(16-19)20(24)21-14-15-22(3)18-11-7-6-8-12-18/h6-13,16H,4-5,14-15H2,1-3H3,(H,21,24). The van der Waals surface area contributed by atoms with Crippen LogP contribution in [0.15, 0.2) is 59.5 Å². The smallest absolute Gasteiger partial charge is 0.251 e. The summed E-state index contributed by atoms with van der Waals surface area (Å²) in [6.07, 6.45) is 0. The molecule has 0 spiro atoms. The maximum Gasteiger partial charge on any atom is 0.251 e. The molecule has 146 valence electrons. The van der Waals surface area contributed by atoms with E-state index < -0.39 is 10.0 Å². The van der Waals surface area contributed by atoms with Crippen LogP contribution in [-0.4, -0.2) is 51.9 Å². The van der Waals surface area contributed by atoms with Crippen molar-refractivity contribution >= 4 is 21.6 Å². The van der Waals surface area contributed by atoms with Gasteiger partial charge in [0.1, 0.15) is 0 Å². The molecule has 0 atom stereocenters. The lowest BCUT2D eigenvalue weighted by Gasteiger charge is -2.20. The molecule has 1 N–H and O–H groups in total. The second kappa shape index (κ2) is 9.53. The number of carbonyl (C=O) groups excluding carboxylic acids is 1. The van der Waals surface area contributed by atoms with Gasteiger partial charge in [-0.15, -0.1) is 0 Å². The molecule has 2 aromatic rings. The molecule has 0 radical (unpaired) electrons. The molecule has 0 aliphatic carbocycles. The summed E-state index contributed by atoms with van der Waals surface area (Å²) in [7, 11) is -1.62. The number of carbonyl (C=O) groups is 1. The average Bonchev–Trinajstić information content (AvgIpc) is 2.69. The Kier molecular flexibility index (Phi) is 7.38. The minimum Gasteiger partial charge on any atom is -0.373 e. The molecule has 2 aromatic carbocycles. The average molecular weight is 390 g/mol. The normalized spacial score (nSPS) is 11.4. The Morgan fingerprint density at radius 1 is 1.00 bits per heavy atom. The Bertz CT molecular complexity index is 850. The van der Waals surface area contributed by atoms with Crippen molar-refractivity contribution < 1.29 is 13.2 Å². The number of nitrogens with one attached hydrogen (secondary N) is 1. The van der Waals surface area contributed by atoms with Crippen LogP contribution in [0.2, 0.25) is 0 Å². The third kappa shape index (κ3) is 5.30. The van der Waals surface area contributed by atoms with Gasteiger partial charge in [0.25, 0.3) is 5.91 Å². The first-order valence-corrected chi connectivity index (χ1v) is 10.5. The number of para-hydroxylation sites is 1. The number of hydrogen-bond donors (Lipinski definition) is 1. The molecule has 0 unspecified atom stereocenters. The molecule has 0 saturated heterocycles. The summed E-state index contributed by atoms with van der Waals surface area (Å²) < 4.78 is 26.6. The second-order valence-electron chi connectivity index (χ2n) is 6.13. The zero-order valence-electron chi connectivity index (χ0n) is 16.1. The van der Waals surface area contributed by atoms with E-state index in [1.54, 1.807) is 26.0 Å². The van der Waals surface area contributed by atoms with E-state index in [1.165, 1.54) is 16.4 Å². The summed E-state index contributed by atoms with van der Waals surface area (Å²) in [5.74, 6) is -0.284. The lowest BCUT2D eigenvalue weighted by molar-refractivity contribution is 0.0954. The zero-order valence-corrected chi connectivity index (χ0v) is 16.9. The fourth-order valence-corrected chi connectivity index (χ4v) is 4.27. The van der Waals surface area contributed by atoms with Gasteiger partial charge in [-0.1, -0.05) is 38.1 Å². The van der Waals surface area contributed by atoms with Crippen molar-refractivity contribution in [3.8, 4) is 0 Å². The van der Waals surface area contributed by atoms with E-state index >= 15 is 0 Å². The van der Waals surface area contributed by atoms with Gasteiger partial charge in [0.15, 0.2) is 0 Å². The highest BCUT2D eigenvalue weighted by Gasteiger charge is 2.22. The van der Waals surface area contributed by atoms with Crippen molar-refractivity contribution in [3.63, 3.8) is 0 Å². The summed E-state index contributed by atoms with van der Waals surface area (Å²) in [5, 5.41) is 2.85. The Labute approximate surface area is 161 Å². The lowest BCUT2D eigenvalue weighted by Crippen LogP contribution is -2.33. The molecule has 0 heterocycles. The van der Waals surface area contributed by atoms with Crippen LogP contribution in [0.1, 0.15) is 24.2 Å². The largest absolute Gasteiger partial charge is 0.373 e. The van der Waals surface area contributed by atoms with Crippen LogP contribution >= 0.6 is 0 Å². The minimum absolute atomic E-state index is 0.139. The van der Waals surface area contributed by atoms with Crippen LogP contribution in [0.3, 0.4) is 0 Å². The van der Waals surface area contributed by atoms with E-state index in [9.17, 15) is 13.2 Å². The summed E-state index contributed by atoms with van der Waals surface area (Å²) >= 11 is 0. The first kappa shape index (κ1) is 20.9. The van der Waals surface area contributed by atoms with Crippen LogP contribution in [0, 0.1) is 0 Å². The van der Waals surface area contributed by atoms with Gasteiger partial charge in [-0.2, -0.15) is 4.31 Å². The van der Waals surface area contributed by atoms with Gasteiger partial charge in [0.05, 0.1) is 4.90 Å². The molecule has 0 aliphatic rings. The predicted octanol–water partition coefficient (Wildman–Crippen LogP) is 2.58. The molecule has 27 heavy (non-hydrogen) atoms. The molecule has 6 nitrogen and oxygen atoms in total. The van der Waals surface area contributed by atoms with Crippen molar-refractivity contribution in [1.82, 2.24) is 9.62 Å². The van der Waals surface area contributed by atoms with E-state index in [2.05, 4.69) is 5.32 Å². The Balaban J connectivity index is 2.01. The van der Waals surface area contributed by atoms with Crippen molar-refractivity contribution in [3.05, 3.63) is 60.2 Å². The van der Waals surface area contributed by atoms with Crippen LogP contribution in [0.5, 0.6) is 0 Å². The second-order valence-corrected chi connectivity index (χ2v) is 8.07. The monoisotopic (exact) mass is 389 g/mol. The van der Waals surface area contributed by atoms with Crippen molar-refractivity contribution in [2.45, 2.75) is 18.7 Å². The molecule has 2 rings (SSSR count).